The predicted octanol–water partition coefficient (Wildman–Crippen LogP) is 3.81. The number of amides is 1. The van der Waals surface area contributed by atoms with Crippen LogP contribution in [0.25, 0.3) is 0 Å². The topological polar surface area (TPSA) is 102 Å². The molecule has 0 aliphatic heterocycles. The first kappa shape index (κ1) is 21.0. The molecule has 1 unspecified atom stereocenters. The van der Waals surface area contributed by atoms with Gasteiger partial charge in [-0.1, -0.05) is 12.1 Å². The second-order valence-corrected chi connectivity index (χ2v) is 7.17. The second-order valence-electron chi connectivity index (χ2n) is 7.17. The Hall–Kier alpha value is -3.35. The first-order chi connectivity index (χ1) is 13.2. The van der Waals surface area contributed by atoms with E-state index in [1.165, 1.54) is 0 Å². The highest BCUT2D eigenvalue weighted by Crippen LogP contribution is 2.22. The van der Waals surface area contributed by atoms with Gasteiger partial charge in [0.05, 0.1) is 0 Å². The largest absolute Gasteiger partial charge is 0.480 e. The minimum absolute atomic E-state index is 0.100. The van der Waals surface area contributed by atoms with E-state index >= 15 is 0 Å². The highest BCUT2D eigenvalue weighted by Gasteiger charge is 2.24. The number of nitrogens with one attached hydrogen (secondary N) is 1. The minimum Gasteiger partial charge on any atom is -0.480 e. The van der Waals surface area contributed by atoms with E-state index in [2.05, 4.69) is 5.32 Å². The highest BCUT2D eigenvalue weighted by molar-refractivity contribution is 5.80. The van der Waals surface area contributed by atoms with Crippen LogP contribution < -0.4 is 10.1 Å². The Bertz CT molecular complexity index is 821. The zero-order valence-corrected chi connectivity index (χ0v) is 16.0. The van der Waals surface area contributed by atoms with Gasteiger partial charge in [-0.2, -0.15) is 0 Å². The predicted molar refractivity (Wildman–Crippen MR) is 103 cm³/mol. The number of carbonyl (C=O) groups is 3. The molecule has 2 rings (SSSR count). The van der Waals surface area contributed by atoms with Crippen molar-refractivity contribution in [2.75, 3.05) is 0 Å². The molecule has 0 aliphatic carbocycles. The van der Waals surface area contributed by atoms with Crippen LogP contribution in [0.1, 0.15) is 36.7 Å². The van der Waals surface area contributed by atoms with Gasteiger partial charge in [0.15, 0.2) is 0 Å². The second kappa shape index (κ2) is 9.03. The fraction of sp³-hybridized carbons (Fsp3) is 0.286. The summed E-state index contributed by atoms with van der Waals surface area (Å²) in [5.74, 6) is -0.00983. The maximum atomic E-state index is 11.8. The third kappa shape index (κ3) is 6.75. The summed E-state index contributed by atoms with van der Waals surface area (Å²) in [7, 11) is 0. The lowest BCUT2D eigenvalue weighted by atomic mass is 10.1. The number of ether oxygens (including phenoxy) is 2. The first-order valence-electron chi connectivity index (χ1n) is 8.70. The van der Waals surface area contributed by atoms with Crippen molar-refractivity contribution in [2.24, 2.45) is 0 Å². The molecular weight excluding hydrogens is 362 g/mol. The van der Waals surface area contributed by atoms with Crippen LogP contribution >= 0.6 is 0 Å². The van der Waals surface area contributed by atoms with Gasteiger partial charge in [0, 0.05) is 12.0 Å². The SMILES string of the molecule is CC(C)(C)OC(=O)NC(Cc1ccc(Oc2ccc(C=O)cc2)cc1)C(=O)O. The number of aldehydes is 1. The third-order valence-electron chi connectivity index (χ3n) is 3.60. The summed E-state index contributed by atoms with van der Waals surface area (Å²) in [5.41, 5.74) is 0.558. The van der Waals surface area contributed by atoms with E-state index in [0.717, 1.165) is 6.29 Å². The Morgan fingerprint density at radius 2 is 1.57 bits per heavy atom. The fourth-order valence-electron chi connectivity index (χ4n) is 2.33. The molecule has 0 fully saturated rings. The summed E-state index contributed by atoms with van der Waals surface area (Å²) in [6.45, 7) is 5.11. The number of carboxylic acid groups (broad SMARTS) is 1. The number of hydrogen-bond donors (Lipinski definition) is 2. The smallest absolute Gasteiger partial charge is 0.408 e. The van der Waals surface area contributed by atoms with Gasteiger partial charge in [0.1, 0.15) is 29.4 Å². The molecule has 2 N–H and O–H groups in total. The molecule has 2 aromatic carbocycles. The third-order valence-corrected chi connectivity index (χ3v) is 3.60. The quantitative estimate of drug-likeness (QED) is 0.703. The average Bonchev–Trinajstić information content (AvgIpc) is 2.61. The van der Waals surface area contributed by atoms with Gasteiger partial charge in [0.2, 0.25) is 0 Å². The van der Waals surface area contributed by atoms with Crippen molar-refractivity contribution in [2.45, 2.75) is 38.8 Å². The number of benzene rings is 2. The van der Waals surface area contributed by atoms with Crippen molar-refractivity contribution < 1.29 is 29.0 Å². The maximum absolute atomic E-state index is 11.8. The van der Waals surface area contributed by atoms with Gasteiger partial charge in [-0.15, -0.1) is 0 Å². The molecule has 0 radical (unpaired) electrons. The van der Waals surface area contributed by atoms with Crippen LogP contribution in [0.3, 0.4) is 0 Å². The molecule has 0 heterocycles. The van der Waals surface area contributed by atoms with E-state index < -0.39 is 23.7 Å². The number of hydrogen-bond acceptors (Lipinski definition) is 5. The van der Waals surface area contributed by atoms with E-state index in [0.29, 0.717) is 22.6 Å². The van der Waals surface area contributed by atoms with E-state index in [1.54, 1.807) is 69.3 Å². The zero-order chi connectivity index (χ0) is 20.7. The van der Waals surface area contributed by atoms with E-state index in [-0.39, 0.29) is 6.42 Å². The zero-order valence-electron chi connectivity index (χ0n) is 16.0. The van der Waals surface area contributed by atoms with Crippen molar-refractivity contribution in [3.8, 4) is 11.5 Å². The van der Waals surface area contributed by atoms with Crippen molar-refractivity contribution in [1.82, 2.24) is 5.32 Å². The molecule has 0 aliphatic rings. The Morgan fingerprint density at radius 1 is 1.04 bits per heavy atom. The molecule has 0 aromatic heterocycles. The molecule has 0 spiro atoms. The van der Waals surface area contributed by atoms with Gasteiger partial charge in [-0.05, 0) is 62.7 Å². The van der Waals surface area contributed by atoms with Crippen LogP contribution in [0.4, 0.5) is 4.79 Å². The minimum atomic E-state index is -1.15. The molecule has 148 valence electrons. The molecule has 7 nitrogen and oxygen atoms in total. The molecule has 0 saturated heterocycles. The van der Waals surface area contributed by atoms with Gasteiger partial charge in [-0.3, -0.25) is 4.79 Å². The number of aliphatic carboxylic acids is 1. The van der Waals surface area contributed by atoms with E-state index in [1.807, 2.05) is 0 Å². The van der Waals surface area contributed by atoms with Crippen LogP contribution in [-0.4, -0.2) is 35.1 Å². The maximum Gasteiger partial charge on any atom is 0.408 e. The normalized spacial score (nSPS) is 12.0. The van der Waals surface area contributed by atoms with Gasteiger partial charge in [0.25, 0.3) is 0 Å². The van der Waals surface area contributed by atoms with Crippen LogP contribution in [-0.2, 0) is 16.0 Å². The lowest BCUT2D eigenvalue weighted by molar-refractivity contribution is -0.139. The number of carbonyl (C=O) groups excluding carboxylic acids is 2. The fourth-order valence-corrected chi connectivity index (χ4v) is 2.33. The molecule has 7 heteroatoms. The monoisotopic (exact) mass is 385 g/mol. The number of alkyl carbamates (subject to hydrolysis) is 1. The van der Waals surface area contributed by atoms with Gasteiger partial charge >= 0.3 is 12.1 Å². The summed E-state index contributed by atoms with van der Waals surface area (Å²) in [6, 6.07) is 12.4. The lowest BCUT2D eigenvalue weighted by Gasteiger charge is -2.22. The Kier molecular flexibility index (Phi) is 6.76. The van der Waals surface area contributed by atoms with Crippen LogP contribution in [0.2, 0.25) is 0 Å². The van der Waals surface area contributed by atoms with Crippen LogP contribution in [0, 0.1) is 0 Å². The van der Waals surface area contributed by atoms with Gasteiger partial charge in [-0.25, -0.2) is 9.59 Å². The molecule has 1 atom stereocenters. The molecular formula is C21H23NO6. The molecule has 2 aromatic rings. The van der Waals surface area contributed by atoms with E-state index in [4.69, 9.17) is 9.47 Å². The summed E-state index contributed by atoms with van der Waals surface area (Å²) in [6.07, 6.45) is 0.0738. The van der Waals surface area contributed by atoms with E-state index in [9.17, 15) is 19.5 Å². The van der Waals surface area contributed by atoms with Crippen molar-refractivity contribution in [1.29, 1.82) is 0 Å². The molecule has 0 saturated carbocycles. The number of rotatable bonds is 7. The summed E-state index contributed by atoms with van der Waals surface area (Å²) < 4.78 is 10.8. The Morgan fingerprint density at radius 3 is 2.04 bits per heavy atom. The highest BCUT2D eigenvalue weighted by atomic mass is 16.6. The Balaban J connectivity index is 1.99. The Labute approximate surface area is 163 Å². The summed E-state index contributed by atoms with van der Waals surface area (Å²) in [4.78, 5) is 33.9. The summed E-state index contributed by atoms with van der Waals surface area (Å²) >= 11 is 0. The number of carboxylic acids is 1. The van der Waals surface area contributed by atoms with Crippen molar-refractivity contribution in [3.05, 3.63) is 59.7 Å². The van der Waals surface area contributed by atoms with Crippen LogP contribution in [0.5, 0.6) is 11.5 Å². The molecule has 1 amide bonds. The van der Waals surface area contributed by atoms with Crippen LogP contribution in [0.15, 0.2) is 48.5 Å². The first-order valence-corrected chi connectivity index (χ1v) is 8.70. The van der Waals surface area contributed by atoms with Gasteiger partial charge < -0.3 is 19.9 Å². The molecule has 28 heavy (non-hydrogen) atoms. The standard InChI is InChI=1S/C21H23NO6/c1-21(2,3)28-20(26)22-18(19(24)25)12-14-4-8-16(9-5-14)27-17-10-6-15(13-23)7-11-17/h4-11,13,18H,12H2,1-3H3,(H,22,26)(H,24,25). The summed E-state index contributed by atoms with van der Waals surface area (Å²) in [5, 5.41) is 11.7. The lowest BCUT2D eigenvalue weighted by Crippen LogP contribution is -2.44. The average molecular weight is 385 g/mol. The van der Waals surface area contributed by atoms with Crippen molar-refractivity contribution >= 4 is 18.3 Å². The van der Waals surface area contributed by atoms with Crippen molar-refractivity contribution in [3.63, 3.8) is 0 Å². The molecule has 0 bridgehead atoms.